The summed E-state index contributed by atoms with van der Waals surface area (Å²) in [6.07, 6.45) is 4.86. The van der Waals surface area contributed by atoms with Crippen LogP contribution in [-0.2, 0) is 4.79 Å². The maximum absolute atomic E-state index is 12.2. The van der Waals surface area contributed by atoms with Gasteiger partial charge in [-0.2, -0.15) is 0 Å². The Labute approximate surface area is 143 Å². The average molecular weight is 325 g/mol. The number of ketones is 2. The fourth-order valence-corrected chi connectivity index (χ4v) is 2.36. The maximum Gasteiger partial charge on any atom is 0.217 e. The van der Waals surface area contributed by atoms with Gasteiger partial charge in [-0.25, -0.2) is 0 Å². The van der Waals surface area contributed by atoms with Gasteiger partial charge in [0.2, 0.25) is 5.91 Å². The van der Waals surface area contributed by atoms with E-state index in [0.29, 0.717) is 22.3 Å². The van der Waals surface area contributed by atoms with Gasteiger partial charge >= 0.3 is 0 Å². The molecule has 0 atom stereocenters. The highest BCUT2D eigenvalue weighted by molar-refractivity contribution is 6.28. The van der Waals surface area contributed by atoms with E-state index in [1.165, 1.54) is 13.0 Å². The summed E-state index contributed by atoms with van der Waals surface area (Å²) in [4.78, 5) is 34.5. The molecule has 0 saturated heterocycles. The third-order valence-electron chi connectivity index (χ3n) is 3.23. The Morgan fingerprint density at radius 2 is 1.58 bits per heavy atom. The molecule has 0 heterocycles. The van der Waals surface area contributed by atoms with Crippen molar-refractivity contribution in [2.24, 2.45) is 0 Å². The van der Waals surface area contributed by atoms with Crippen LogP contribution in [0.1, 0.15) is 48.4 Å². The van der Waals surface area contributed by atoms with Crippen LogP contribution in [0.4, 0.5) is 0 Å². The topological polar surface area (TPSA) is 63.2 Å². The zero-order valence-corrected chi connectivity index (χ0v) is 14.6. The minimum Gasteiger partial charge on any atom is -0.354 e. The average Bonchev–Trinajstić information content (AvgIpc) is 2.52. The third kappa shape index (κ3) is 4.62. The first-order chi connectivity index (χ1) is 11.3. The van der Waals surface area contributed by atoms with Crippen LogP contribution in [0, 0.1) is 0 Å². The van der Waals surface area contributed by atoms with Gasteiger partial charge in [0.15, 0.2) is 11.6 Å². The number of Topliss-reactive ketones (excluding diaryl/α,β-unsaturated/α-hetero) is 2. The summed E-state index contributed by atoms with van der Waals surface area (Å²) in [5.41, 5.74) is 1.73. The molecule has 1 aromatic carbocycles. The zero-order chi connectivity index (χ0) is 18.3. The first kappa shape index (κ1) is 19.3. The summed E-state index contributed by atoms with van der Waals surface area (Å²) >= 11 is 0. The van der Waals surface area contributed by atoms with Gasteiger partial charge in [0.25, 0.3) is 0 Å². The first-order valence-corrected chi connectivity index (χ1v) is 7.78. The lowest BCUT2D eigenvalue weighted by atomic mass is 9.84. The number of allylic oxidation sites excluding steroid dienone is 5. The number of rotatable bonds is 3. The number of amides is 1. The van der Waals surface area contributed by atoms with Crippen molar-refractivity contribution in [2.45, 2.75) is 33.7 Å². The van der Waals surface area contributed by atoms with Crippen LogP contribution >= 0.6 is 0 Å². The number of benzene rings is 1. The van der Waals surface area contributed by atoms with Gasteiger partial charge in [0.05, 0.1) is 0 Å². The summed E-state index contributed by atoms with van der Waals surface area (Å²) in [7, 11) is 0. The maximum atomic E-state index is 12.2. The molecule has 24 heavy (non-hydrogen) atoms. The SMILES string of the molecule is C=CC1=C(/C=C\C)C(=O)c2ccccc2C1=O.CC(=O)NC(C)C. The molecule has 0 unspecified atom stereocenters. The van der Waals surface area contributed by atoms with Gasteiger partial charge in [-0.05, 0) is 20.8 Å². The quantitative estimate of drug-likeness (QED) is 0.922. The number of hydrogen-bond acceptors (Lipinski definition) is 3. The van der Waals surface area contributed by atoms with Crippen LogP contribution in [0.25, 0.3) is 0 Å². The molecule has 126 valence electrons. The molecule has 0 aliphatic heterocycles. The number of carbonyl (C=O) groups excluding carboxylic acids is 3. The molecule has 0 radical (unpaired) electrons. The minimum absolute atomic E-state index is 0.0370. The molecule has 0 aromatic heterocycles. The Balaban J connectivity index is 0.000000351. The molecule has 0 spiro atoms. The lowest BCUT2D eigenvalue weighted by molar-refractivity contribution is -0.119. The van der Waals surface area contributed by atoms with Gasteiger partial charge < -0.3 is 5.32 Å². The monoisotopic (exact) mass is 325 g/mol. The van der Waals surface area contributed by atoms with Crippen molar-refractivity contribution >= 4 is 17.5 Å². The molecule has 1 aliphatic carbocycles. The van der Waals surface area contributed by atoms with E-state index in [4.69, 9.17) is 0 Å². The van der Waals surface area contributed by atoms with Crippen molar-refractivity contribution in [3.8, 4) is 0 Å². The largest absolute Gasteiger partial charge is 0.354 e. The highest BCUT2D eigenvalue weighted by Gasteiger charge is 2.28. The van der Waals surface area contributed by atoms with Crippen LogP contribution in [0.2, 0.25) is 0 Å². The summed E-state index contributed by atoms with van der Waals surface area (Å²) in [5.74, 6) is -0.216. The van der Waals surface area contributed by atoms with Crippen molar-refractivity contribution < 1.29 is 14.4 Å². The molecule has 1 aromatic rings. The van der Waals surface area contributed by atoms with E-state index >= 15 is 0 Å². The van der Waals surface area contributed by atoms with E-state index in [2.05, 4.69) is 11.9 Å². The highest BCUT2D eigenvalue weighted by atomic mass is 16.1. The van der Waals surface area contributed by atoms with Crippen LogP contribution in [0.5, 0.6) is 0 Å². The van der Waals surface area contributed by atoms with Gasteiger partial charge in [0.1, 0.15) is 0 Å². The van der Waals surface area contributed by atoms with Crippen LogP contribution in [0.3, 0.4) is 0 Å². The summed E-state index contributed by atoms with van der Waals surface area (Å²) in [6.45, 7) is 10.8. The predicted molar refractivity (Wildman–Crippen MR) is 96.1 cm³/mol. The van der Waals surface area contributed by atoms with Gasteiger partial charge in [0, 0.05) is 35.2 Å². The Bertz CT molecular complexity index is 724. The number of carbonyl (C=O) groups is 3. The second-order valence-electron chi connectivity index (χ2n) is 5.59. The molecule has 0 bridgehead atoms. The lowest BCUT2D eigenvalue weighted by Crippen LogP contribution is -2.27. The van der Waals surface area contributed by atoms with Gasteiger partial charge in [-0.3, -0.25) is 14.4 Å². The molecule has 2 rings (SSSR count). The Morgan fingerprint density at radius 1 is 1.08 bits per heavy atom. The molecule has 4 nitrogen and oxygen atoms in total. The summed E-state index contributed by atoms with van der Waals surface area (Å²) in [6, 6.07) is 7.14. The minimum atomic E-state index is -0.136. The number of fused-ring (bicyclic) bond motifs is 1. The molecule has 1 N–H and O–H groups in total. The molecule has 1 amide bonds. The normalized spacial score (nSPS) is 13.5. The predicted octanol–water partition coefficient (Wildman–Crippen LogP) is 3.66. The standard InChI is InChI=1S/C15H12O2.C5H11NO/c1-3-7-11-10(4-2)14(16)12-8-5-6-9-13(12)15(11)17;1-4(2)6-5(3)7/h3-9H,2H2,1H3;4H,1-3H3,(H,6,7)/b7-3-;. The van der Waals surface area contributed by atoms with Crippen LogP contribution in [-0.4, -0.2) is 23.5 Å². The Hall–Kier alpha value is -2.75. The zero-order valence-electron chi connectivity index (χ0n) is 14.6. The second-order valence-corrected chi connectivity index (χ2v) is 5.59. The number of hydrogen-bond donors (Lipinski definition) is 1. The summed E-state index contributed by atoms with van der Waals surface area (Å²) in [5, 5.41) is 2.67. The molecular formula is C20H23NO3. The van der Waals surface area contributed by atoms with Crippen molar-refractivity contribution in [2.75, 3.05) is 0 Å². The molecule has 0 saturated carbocycles. The number of nitrogens with one attached hydrogen (secondary N) is 1. The highest BCUT2D eigenvalue weighted by Crippen LogP contribution is 2.27. The summed E-state index contributed by atoms with van der Waals surface area (Å²) < 4.78 is 0. The van der Waals surface area contributed by atoms with E-state index in [-0.39, 0.29) is 23.5 Å². The third-order valence-corrected chi connectivity index (χ3v) is 3.23. The Morgan fingerprint density at radius 3 is 1.92 bits per heavy atom. The van der Waals surface area contributed by atoms with Crippen LogP contribution < -0.4 is 5.32 Å². The fraction of sp³-hybridized carbons (Fsp3) is 0.250. The van der Waals surface area contributed by atoms with E-state index in [1.54, 1.807) is 36.4 Å². The van der Waals surface area contributed by atoms with E-state index in [9.17, 15) is 14.4 Å². The van der Waals surface area contributed by atoms with Crippen molar-refractivity contribution in [1.82, 2.24) is 5.32 Å². The molecule has 1 aliphatic rings. The van der Waals surface area contributed by atoms with E-state index in [0.717, 1.165) is 0 Å². The molecule has 4 heteroatoms. The molecular weight excluding hydrogens is 302 g/mol. The van der Waals surface area contributed by atoms with Crippen LogP contribution in [0.15, 0.2) is 60.2 Å². The van der Waals surface area contributed by atoms with Gasteiger partial charge in [-0.15, -0.1) is 0 Å². The Kier molecular flexibility index (Phi) is 7.05. The van der Waals surface area contributed by atoms with Crippen molar-refractivity contribution in [3.63, 3.8) is 0 Å². The fourth-order valence-electron chi connectivity index (χ4n) is 2.36. The van der Waals surface area contributed by atoms with Crippen molar-refractivity contribution in [1.29, 1.82) is 0 Å². The first-order valence-electron chi connectivity index (χ1n) is 7.78. The van der Waals surface area contributed by atoms with Crippen molar-refractivity contribution in [3.05, 3.63) is 71.3 Å². The second kappa shape index (κ2) is 8.77. The smallest absolute Gasteiger partial charge is 0.217 e. The molecule has 0 fully saturated rings. The van der Waals surface area contributed by atoms with Gasteiger partial charge in [-0.1, -0.05) is 49.1 Å². The van der Waals surface area contributed by atoms with E-state index in [1.807, 2.05) is 20.8 Å². The van der Waals surface area contributed by atoms with E-state index < -0.39 is 0 Å². The lowest BCUT2D eigenvalue weighted by Gasteiger charge is -2.16.